The molecule has 0 aromatic heterocycles. The van der Waals surface area contributed by atoms with Crippen LogP contribution >= 0.6 is 0 Å². The number of benzene rings is 1. The molecule has 0 saturated heterocycles. The predicted molar refractivity (Wildman–Crippen MR) is 64.0 cm³/mol. The zero-order valence-corrected chi connectivity index (χ0v) is 10.6. The molecule has 0 heterocycles. The highest BCUT2D eigenvalue weighted by Gasteiger charge is 2.31. The van der Waals surface area contributed by atoms with E-state index in [-0.39, 0.29) is 11.5 Å². The molecule has 1 rings (SSSR count). The first kappa shape index (κ1) is 15.0. The van der Waals surface area contributed by atoms with Crippen molar-refractivity contribution in [1.29, 1.82) is 0 Å². The molecule has 1 aromatic carbocycles. The summed E-state index contributed by atoms with van der Waals surface area (Å²) in [5.74, 6) is -0.668. The molecule has 0 spiro atoms. The summed E-state index contributed by atoms with van der Waals surface area (Å²) in [6.07, 6.45) is -1.18. The third-order valence-corrected chi connectivity index (χ3v) is 3.16. The van der Waals surface area contributed by atoms with E-state index < -0.39 is 17.6 Å². The minimum Gasteiger partial charge on any atom is -0.207 e. The van der Waals surface area contributed by atoms with Crippen LogP contribution in [0.3, 0.4) is 0 Å². The molecule has 0 saturated carbocycles. The molecule has 1 aromatic rings. The van der Waals surface area contributed by atoms with Crippen LogP contribution in [0, 0.1) is 5.82 Å². The molecule has 0 radical (unpaired) electrons. The average Bonchev–Trinajstić information content (AvgIpc) is 2.30. The van der Waals surface area contributed by atoms with E-state index in [1.807, 2.05) is 13.8 Å². The van der Waals surface area contributed by atoms with Crippen LogP contribution < -0.4 is 0 Å². The molecule has 0 aliphatic rings. The molecular weight excluding hydrogens is 244 g/mol. The van der Waals surface area contributed by atoms with Crippen LogP contribution in [0.5, 0.6) is 0 Å². The molecule has 102 valence electrons. The van der Waals surface area contributed by atoms with Crippen molar-refractivity contribution in [2.24, 2.45) is 0 Å². The van der Waals surface area contributed by atoms with Gasteiger partial charge < -0.3 is 0 Å². The summed E-state index contributed by atoms with van der Waals surface area (Å²) in [7, 11) is 0. The van der Waals surface area contributed by atoms with Gasteiger partial charge in [0.2, 0.25) is 0 Å². The fourth-order valence-corrected chi connectivity index (χ4v) is 2.06. The lowest BCUT2D eigenvalue weighted by Crippen LogP contribution is -2.08. The summed E-state index contributed by atoms with van der Waals surface area (Å²) in [6.45, 7) is 3.88. The van der Waals surface area contributed by atoms with E-state index in [4.69, 9.17) is 0 Å². The first-order chi connectivity index (χ1) is 8.40. The van der Waals surface area contributed by atoms with Gasteiger partial charge in [-0.25, -0.2) is 4.39 Å². The summed E-state index contributed by atoms with van der Waals surface area (Å²) in [6, 6.07) is 2.68. The van der Waals surface area contributed by atoms with Gasteiger partial charge in [0.15, 0.2) is 0 Å². The minimum atomic E-state index is -4.41. The van der Waals surface area contributed by atoms with Gasteiger partial charge in [-0.1, -0.05) is 26.7 Å². The van der Waals surface area contributed by atoms with Crippen molar-refractivity contribution in [3.05, 3.63) is 35.1 Å². The largest absolute Gasteiger partial charge is 0.416 e. The maximum absolute atomic E-state index is 13.7. The Kier molecular flexibility index (Phi) is 5.17. The van der Waals surface area contributed by atoms with Gasteiger partial charge in [-0.3, -0.25) is 0 Å². The summed E-state index contributed by atoms with van der Waals surface area (Å²) < 4.78 is 51.4. The molecular formula is C14H18F4. The average molecular weight is 262 g/mol. The highest BCUT2D eigenvalue weighted by atomic mass is 19.4. The zero-order chi connectivity index (χ0) is 13.8. The van der Waals surface area contributed by atoms with Crippen LogP contribution in [-0.4, -0.2) is 0 Å². The second-order valence-corrected chi connectivity index (χ2v) is 4.48. The van der Waals surface area contributed by atoms with E-state index in [2.05, 4.69) is 0 Å². The molecule has 0 N–H and O–H groups in total. The Balaban J connectivity index is 3.05. The third kappa shape index (κ3) is 3.72. The number of alkyl halides is 3. The fraction of sp³-hybridized carbons (Fsp3) is 0.571. The lowest BCUT2D eigenvalue weighted by molar-refractivity contribution is -0.137. The number of hydrogen-bond donors (Lipinski definition) is 0. The molecule has 1 atom stereocenters. The Morgan fingerprint density at radius 3 is 2.33 bits per heavy atom. The van der Waals surface area contributed by atoms with Gasteiger partial charge in [-0.05, 0) is 42.5 Å². The summed E-state index contributed by atoms with van der Waals surface area (Å²) >= 11 is 0. The Bertz CT molecular complexity index is 382. The van der Waals surface area contributed by atoms with Crippen molar-refractivity contribution in [3.8, 4) is 0 Å². The van der Waals surface area contributed by atoms with Crippen molar-refractivity contribution < 1.29 is 17.6 Å². The van der Waals surface area contributed by atoms with Crippen molar-refractivity contribution in [3.63, 3.8) is 0 Å². The Morgan fingerprint density at radius 1 is 1.17 bits per heavy atom. The molecule has 18 heavy (non-hydrogen) atoms. The Labute approximate surface area is 105 Å². The van der Waals surface area contributed by atoms with Crippen molar-refractivity contribution in [2.45, 2.75) is 51.6 Å². The van der Waals surface area contributed by atoms with Gasteiger partial charge in [-0.15, -0.1) is 0 Å². The van der Waals surface area contributed by atoms with E-state index in [9.17, 15) is 17.6 Å². The fourth-order valence-electron chi connectivity index (χ4n) is 2.06. The van der Waals surface area contributed by atoms with E-state index in [0.29, 0.717) is 6.42 Å². The molecule has 0 bridgehead atoms. The van der Waals surface area contributed by atoms with Gasteiger partial charge in [-0.2, -0.15) is 13.2 Å². The van der Waals surface area contributed by atoms with Crippen LogP contribution in [0.25, 0.3) is 0 Å². The van der Waals surface area contributed by atoms with Gasteiger partial charge >= 0.3 is 6.18 Å². The lowest BCUT2D eigenvalue weighted by Gasteiger charge is -2.17. The van der Waals surface area contributed by atoms with Crippen molar-refractivity contribution in [2.75, 3.05) is 0 Å². The topological polar surface area (TPSA) is 0 Å². The van der Waals surface area contributed by atoms with E-state index in [0.717, 1.165) is 37.5 Å². The van der Waals surface area contributed by atoms with Crippen LogP contribution in [0.15, 0.2) is 18.2 Å². The van der Waals surface area contributed by atoms with Crippen LogP contribution in [0.4, 0.5) is 17.6 Å². The molecule has 0 nitrogen and oxygen atoms in total. The number of rotatable bonds is 5. The Morgan fingerprint density at radius 2 is 1.83 bits per heavy atom. The SMILES string of the molecule is CCCCC(CC)c1cc(C(F)(F)F)ccc1F. The Hall–Kier alpha value is -1.06. The normalized spacial score (nSPS) is 13.7. The predicted octanol–water partition coefficient (Wildman–Crippen LogP) is 5.53. The summed E-state index contributed by atoms with van der Waals surface area (Å²) in [5.41, 5.74) is -0.574. The summed E-state index contributed by atoms with van der Waals surface area (Å²) in [4.78, 5) is 0. The van der Waals surface area contributed by atoms with Crippen LogP contribution in [-0.2, 0) is 6.18 Å². The third-order valence-electron chi connectivity index (χ3n) is 3.16. The van der Waals surface area contributed by atoms with Gasteiger partial charge in [0, 0.05) is 0 Å². The quantitative estimate of drug-likeness (QED) is 0.612. The second-order valence-electron chi connectivity index (χ2n) is 4.48. The number of halogens is 4. The monoisotopic (exact) mass is 262 g/mol. The van der Waals surface area contributed by atoms with Gasteiger partial charge in [0.05, 0.1) is 5.56 Å². The summed E-state index contributed by atoms with van der Waals surface area (Å²) in [5, 5.41) is 0. The van der Waals surface area contributed by atoms with Crippen LogP contribution in [0.2, 0.25) is 0 Å². The highest BCUT2D eigenvalue weighted by Crippen LogP contribution is 2.34. The molecule has 0 fully saturated rings. The molecule has 0 aliphatic heterocycles. The molecule has 4 heteroatoms. The maximum Gasteiger partial charge on any atom is 0.416 e. The molecule has 1 unspecified atom stereocenters. The van der Waals surface area contributed by atoms with E-state index in [1.165, 1.54) is 0 Å². The van der Waals surface area contributed by atoms with Gasteiger partial charge in [0.25, 0.3) is 0 Å². The number of unbranched alkanes of at least 4 members (excludes halogenated alkanes) is 1. The maximum atomic E-state index is 13.7. The molecule has 0 aliphatic carbocycles. The van der Waals surface area contributed by atoms with E-state index >= 15 is 0 Å². The van der Waals surface area contributed by atoms with Crippen LogP contribution in [0.1, 0.15) is 56.6 Å². The molecule has 0 amide bonds. The van der Waals surface area contributed by atoms with Crippen molar-refractivity contribution >= 4 is 0 Å². The lowest BCUT2D eigenvalue weighted by atomic mass is 9.90. The highest BCUT2D eigenvalue weighted by molar-refractivity contribution is 5.29. The van der Waals surface area contributed by atoms with E-state index in [1.54, 1.807) is 0 Å². The smallest absolute Gasteiger partial charge is 0.207 e. The first-order valence-corrected chi connectivity index (χ1v) is 6.26. The standard InChI is InChI=1S/C14H18F4/c1-3-5-6-10(4-2)12-9-11(14(16,17)18)7-8-13(12)15/h7-10H,3-6H2,1-2H3. The second kappa shape index (κ2) is 6.21. The zero-order valence-electron chi connectivity index (χ0n) is 10.6. The van der Waals surface area contributed by atoms with Gasteiger partial charge in [0.1, 0.15) is 5.82 Å². The minimum absolute atomic E-state index is 0.132. The first-order valence-electron chi connectivity index (χ1n) is 6.26. The van der Waals surface area contributed by atoms with Crippen molar-refractivity contribution in [1.82, 2.24) is 0 Å². The number of hydrogen-bond acceptors (Lipinski definition) is 0.